The Balaban J connectivity index is 3.70. The summed E-state index contributed by atoms with van der Waals surface area (Å²) in [5.74, 6) is 0.839. The van der Waals surface area contributed by atoms with E-state index < -0.39 is 9.84 Å². The molecule has 0 aliphatic carbocycles. The molecule has 3 nitrogen and oxygen atoms in total. The van der Waals surface area contributed by atoms with E-state index >= 15 is 0 Å². The average molecular weight is 207 g/mol. The van der Waals surface area contributed by atoms with Gasteiger partial charge < -0.3 is 5.32 Å². The van der Waals surface area contributed by atoms with E-state index in [0.29, 0.717) is 5.92 Å². The van der Waals surface area contributed by atoms with Crippen LogP contribution in [0.5, 0.6) is 0 Å². The lowest BCUT2D eigenvalue weighted by Crippen LogP contribution is -2.35. The van der Waals surface area contributed by atoms with Crippen molar-refractivity contribution in [2.24, 2.45) is 5.92 Å². The van der Waals surface area contributed by atoms with Gasteiger partial charge in [0.15, 0.2) is 0 Å². The van der Waals surface area contributed by atoms with Crippen molar-refractivity contribution in [3.63, 3.8) is 0 Å². The van der Waals surface area contributed by atoms with Gasteiger partial charge in [-0.15, -0.1) is 0 Å². The van der Waals surface area contributed by atoms with Crippen molar-refractivity contribution in [1.29, 1.82) is 0 Å². The molecule has 4 heteroatoms. The standard InChI is InChI=1S/C9H21NO2S/c1-5-8(2)6-10-9(3)7-13(4,11)12/h8-10H,5-7H2,1-4H3. The van der Waals surface area contributed by atoms with Crippen molar-refractivity contribution in [3.8, 4) is 0 Å². The highest BCUT2D eigenvalue weighted by Crippen LogP contribution is 1.99. The molecule has 1 N–H and O–H groups in total. The van der Waals surface area contributed by atoms with Crippen molar-refractivity contribution in [1.82, 2.24) is 5.32 Å². The molecule has 80 valence electrons. The molecule has 0 spiro atoms. The fourth-order valence-corrected chi connectivity index (χ4v) is 2.09. The van der Waals surface area contributed by atoms with Gasteiger partial charge in [0.1, 0.15) is 9.84 Å². The van der Waals surface area contributed by atoms with Crippen molar-refractivity contribution in [2.75, 3.05) is 18.6 Å². The normalized spacial score (nSPS) is 16.9. The Morgan fingerprint density at radius 1 is 1.31 bits per heavy atom. The van der Waals surface area contributed by atoms with E-state index in [-0.39, 0.29) is 11.8 Å². The van der Waals surface area contributed by atoms with Crippen LogP contribution in [-0.2, 0) is 9.84 Å². The largest absolute Gasteiger partial charge is 0.313 e. The first-order chi connectivity index (χ1) is 5.85. The lowest BCUT2D eigenvalue weighted by atomic mass is 10.1. The van der Waals surface area contributed by atoms with E-state index in [9.17, 15) is 8.42 Å². The van der Waals surface area contributed by atoms with Gasteiger partial charge in [0.25, 0.3) is 0 Å². The second-order valence-electron chi connectivity index (χ2n) is 3.92. The Kier molecular flexibility index (Phi) is 5.56. The lowest BCUT2D eigenvalue weighted by molar-refractivity contribution is 0.466. The molecule has 0 aliphatic heterocycles. The third-order valence-electron chi connectivity index (χ3n) is 2.06. The van der Waals surface area contributed by atoms with Gasteiger partial charge in [0, 0.05) is 12.3 Å². The van der Waals surface area contributed by atoms with Gasteiger partial charge in [-0.1, -0.05) is 20.3 Å². The summed E-state index contributed by atoms with van der Waals surface area (Å²) in [6, 6.07) is 0.0593. The molecule has 0 fully saturated rings. The topological polar surface area (TPSA) is 46.2 Å². The number of hydrogen-bond donors (Lipinski definition) is 1. The highest BCUT2D eigenvalue weighted by atomic mass is 32.2. The van der Waals surface area contributed by atoms with Gasteiger partial charge in [0.2, 0.25) is 0 Å². The predicted molar refractivity (Wildman–Crippen MR) is 56.6 cm³/mol. The average Bonchev–Trinajstić information content (AvgIpc) is 1.97. The SMILES string of the molecule is CCC(C)CNC(C)CS(C)(=O)=O. The van der Waals surface area contributed by atoms with Crippen LogP contribution in [0.3, 0.4) is 0 Å². The van der Waals surface area contributed by atoms with Crippen molar-refractivity contribution in [3.05, 3.63) is 0 Å². The summed E-state index contributed by atoms with van der Waals surface area (Å²) in [5.41, 5.74) is 0. The van der Waals surface area contributed by atoms with E-state index in [4.69, 9.17) is 0 Å². The van der Waals surface area contributed by atoms with Crippen LogP contribution in [0.25, 0.3) is 0 Å². The summed E-state index contributed by atoms with van der Waals surface area (Å²) >= 11 is 0. The Hall–Kier alpha value is -0.0900. The van der Waals surface area contributed by atoms with Gasteiger partial charge in [0.05, 0.1) is 5.75 Å². The second kappa shape index (κ2) is 5.60. The highest BCUT2D eigenvalue weighted by Gasteiger charge is 2.10. The first-order valence-corrected chi connectivity index (χ1v) is 6.82. The molecule has 0 aromatic carbocycles. The maximum Gasteiger partial charge on any atom is 0.148 e. The van der Waals surface area contributed by atoms with Gasteiger partial charge in [-0.3, -0.25) is 0 Å². The molecular formula is C9H21NO2S. The molecular weight excluding hydrogens is 186 g/mol. The van der Waals surface area contributed by atoms with Crippen LogP contribution in [0, 0.1) is 5.92 Å². The van der Waals surface area contributed by atoms with Gasteiger partial charge in [-0.05, 0) is 19.4 Å². The minimum Gasteiger partial charge on any atom is -0.313 e. The van der Waals surface area contributed by atoms with Gasteiger partial charge in [-0.25, -0.2) is 8.42 Å². The fraction of sp³-hybridized carbons (Fsp3) is 1.00. The monoisotopic (exact) mass is 207 g/mol. The molecule has 13 heavy (non-hydrogen) atoms. The van der Waals surface area contributed by atoms with E-state index in [1.165, 1.54) is 6.26 Å². The van der Waals surface area contributed by atoms with Crippen LogP contribution < -0.4 is 5.32 Å². The molecule has 2 unspecified atom stereocenters. The number of hydrogen-bond acceptors (Lipinski definition) is 3. The lowest BCUT2D eigenvalue weighted by Gasteiger charge is -2.15. The molecule has 0 rings (SSSR count). The zero-order valence-corrected chi connectivity index (χ0v) is 9.82. The molecule has 0 radical (unpaired) electrons. The summed E-state index contributed by atoms with van der Waals surface area (Å²) in [5, 5.41) is 3.21. The van der Waals surface area contributed by atoms with E-state index in [2.05, 4.69) is 19.2 Å². The van der Waals surface area contributed by atoms with Crippen LogP contribution in [0.15, 0.2) is 0 Å². The molecule has 0 aromatic heterocycles. The minimum atomic E-state index is -2.84. The van der Waals surface area contributed by atoms with Crippen LogP contribution in [0.4, 0.5) is 0 Å². The first kappa shape index (κ1) is 12.9. The molecule has 2 atom stereocenters. The maximum atomic E-state index is 10.9. The zero-order valence-electron chi connectivity index (χ0n) is 9.00. The Morgan fingerprint density at radius 3 is 2.23 bits per heavy atom. The van der Waals surface area contributed by atoms with Crippen molar-refractivity contribution in [2.45, 2.75) is 33.2 Å². The van der Waals surface area contributed by atoms with Crippen molar-refractivity contribution >= 4 is 9.84 Å². The third kappa shape index (κ3) is 8.25. The second-order valence-corrected chi connectivity index (χ2v) is 6.10. The van der Waals surface area contributed by atoms with Crippen LogP contribution in [0.2, 0.25) is 0 Å². The van der Waals surface area contributed by atoms with Crippen LogP contribution in [-0.4, -0.2) is 33.0 Å². The molecule has 0 aromatic rings. The minimum absolute atomic E-state index is 0.0593. The summed E-state index contributed by atoms with van der Waals surface area (Å²) in [7, 11) is -2.84. The van der Waals surface area contributed by atoms with E-state index in [1.807, 2.05) is 6.92 Å². The molecule has 0 saturated heterocycles. The molecule has 0 amide bonds. The van der Waals surface area contributed by atoms with Crippen molar-refractivity contribution < 1.29 is 8.42 Å². The summed E-state index contributed by atoms with van der Waals surface area (Å²) in [6.07, 6.45) is 2.40. The number of rotatable bonds is 6. The molecule has 0 bridgehead atoms. The van der Waals surface area contributed by atoms with Gasteiger partial charge >= 0.3 is 0 Å². The highest BCUT2D eigenvalue weighted by molar-refractivity contribution is 7.90. The van der Waals surface area contributed by atoms with E-state index in [0.717, 1.165) is 13.0 Å². The zero-order chi connectivity index (χ0) is 10.5. The van der Waals surface area contributed by atoms with Crippen LogP contribution in [0.1, 0.15) is 27.2 Å². The fourth-order valence-electron chi connectivity index (χ4n) is 1.06. The quantitative estimate of drug-likeness (QED) is 0.708. The number of sulfone groups is 1. The summed E-state index contributed by atoms with van der Waals surface area (Å²) in [4.78, 5) is 0. The summed E-state index contributed by atoms with van der Waals surface area (Å²) in [6.45, 7) is 7.09. The van der Waals surface area contributed by atoms with Crippen LogP contribution >= 0.6 is 0 Å². The van der Waals surface area contributed by atoms with Gasteiger partial charge in [-0.2, -0.15) is 0 Å². The Morgan fingerprint density at radius 2 is 1.85 bits per heavy atom. The summed E-state index contributed by atoms with van der Waals surface area (Å²) < 4.78 is 21.8. The Bertz CT molecular complexity index is 224. The smallest absolute Gasteiger partial charge is 0.148 e. The maximum absolute atomic E-state index is 10.9. The number of nitrogens with one attached hydrogen (secondary N) is 1. The Labute approximate surface area is 81.8 Å². The first-order valence-electron chi connectivity index (χ1n) is 4.76. The van der Waals surface area contributed by atoms with E-state index in [1.54, 1.807) is 0 Å². The molecule has 0 aliphatic rings. The molecule has 0 heterocycles. The molecule has 0 saturated carbocycles. The third-order valence-corrected chi connectivity index (χ3v) is 3.17. The predicted octanol–water partition coefficient (Wildman–Crippen LogP) is 1.06.